The van der Waals surface area contributed by atoms with Crippen LogP contribution in [-0.2, 0) is 0 Å². The normalized spacial score (nSPS) is 23.4. The van der Waals surface area contributed by atoms with E-state index in [1.807, 2.05) is 25.1 Å². The minimum Gasteiger partial charge on any atom is -0.348 e. The molecule has 0 saturated carbocycles. The van der Waals surface area contributed by atoms with Gasteiger partial charge in [-0.3, -0.25) is 4.79 Å². The third-order valence-electron chi connectivity index (χ3n) is 3.33. The number of benzene rings is 1. The monoisotopic (exact) mass is 217 g/mol. The number of fused-ring (bicyclic) bond motifs is 3. The highest BCUT2D eigenvalue weighted by atomic mass is 16.2. The predicted octanol–water partition coefficient (Wildman–Crippen LogP) is 0.474. The third kappa shape index (κ3) is 1.30. The van der Waals surface area contributed by atoms with Gasteiger partial charge in [-0.1, -0.05) is 12.1 Å². The smallest absolute Gasteiger partial charge is 0.255 e. The number of aryl methyl sites for hydroxylation is 1. The molecule has 2 heterocycles. The Morgan fingerprint density at radius 3 is 3.19 bits per heavy atom. The second-order valence-corrected chi connectivity index (χ2v) is 4.36. The fraction of sp³-hybridized carbons (Fsp3) is 0.417. The number of carbonyl (C=O) groups is 1. The minimum atomic E-state index is 0.0537. The van der Waals surface area contributed by atoms with Crippen LogP contribution in [0.2, 0.25) is 0 Å². The first kappa shape index (κ1) is 9.66. The molecule has 4 nitrogen and oxygen atoms in total. The van der Waals surface area contributed by atoms with E-state index in [2.05, 4.69) is 15.5 Å². The average Bonchev–Trinajstić information content (AvgIpc) is 2.29. The molecule has 1 amide bonds. The molecular formula is C12H15N3O. The van der Waals surface area contributed by atoms with Gasteiger partial charge in [-0.25, -0.2) is 0 Å². The van der Waals surface area contributed by atoms with Crippen LogP contribution in [0.3, 0.4) is 0 Å². The van der Waals surface area contributed by atoms with E-state index in [-0.39, 0.29) is 12.1 Å². The van der Waals surface area contributed by atoms with Crippen LogP contribution in [0.15, 0.2) is 18.2 Å². The van der Waals surface area contributed by atoms with Crippen molar-refractivity contribution in [3.63, 3.8) is 0 Å². The molecule has 1 aromatic rings. The van der Waals surface area contributed by atoms with Crippen LogP contribution < -0.4 is 15.5 Å². The van der Waals surface area contributed by atoms with E-state index in [1.54, 1.807) is 0 Å². The van der Waals surface area contributed by atoms with Crippen molar-refractivity contribution >= 4 is 11.6 Å². The maximum atomic E-state index is 12.0. The van der Waals surface area contributed by atoms with Crippen LogP contribution in [0.1, 0.15) is 15.9 Å². The number of carbonyl (C=O) groups excluding carboxylic acids is 1. The standard InChI is InChI=1S/C12H15N3O/c1-8-3-2-4-9-11(8)12(16)14-10-7-13-5-6-15(9)10/h2-4,10,13H,5-7H2,1H3,(H,14,16)/t10-/m0/s1. The molecule has 2 aliphatic heterocycles. The Kier molecular flexibility index (Phi) is 2.11. The van der Waals surface area contributed by atoms with Crippen LogP contribution >= 0.6 is 0 Å². The molecule has 2 N–H and O–H groups in total. The lowest BCUT2D eigenvalue weighted by Crippen LogP contribution is -2.62. The molecule has 0 bridgehead atoms. The van der Waals surface area contributed by atoms with E-state index in [0.29, 0.717) is 0 Å². The zero-order valence-corrected chi connectivity index (χ0v) is 9.29. The Labute approximate surface area is 94.6 Å². The SMILES string of the molecule is Cc1cccc2c1C(=O)N[C@@H]1CNCCN21. The quantitative estimate of drug-likeness (QED) is 0.664. The van der Waals surface area contributed by atoms with Crippen molar-refractivity contribution in [2.75, 3.05) is 24.5 Å². The molecular weight excluding hydrogens is 202 g/mol. The Hall–Kier alpha value is -1.55. The number of hydrogen-bond acceptors (Lipinski definition) is 3. The van der Waals surface area contributed by atoms with Gasteiger partial charge in [0.25, 0.3) is 5.91 Å². The molecule has 0 aromatic heterocycles. The lowest BCUT2D eigenvalue weighted by molar-refractivity contribution is 0.0922. The lowest BCUT2D eigenvalue weighted by Gasteiger charge is -2.42. The van der Waals surface area contributed by atoms with Gasteiger partial charge in [0.1, 0.15) is 6.17 Å². The topological polar surface area (TPSA) is 44.4 Å². The minimum absolute atomic E-state index is 0.0537. The molecule has 4 heteroatoms. The average molecular weight is 217 g/mol. The van der Waals surface area contributed by atoms with Crippen LogP contribution in [0.4, 0.5) is 5.69 Å². The van der Waals surface area contributed by atoms with Gasteiger partial charge < -0.3 is 15.5 Å². The first-order chi connectivity index (χ1) is 7.77. The Balaban J connectivity index is 2.11. The van der Waals surface area contributed by atoms with Crippen LogP contribution in [0.5, 0.6) is 0 Å². The maximum Gasteiger partial charge on any atom is 0.255 e. The predicted molar refractivity (Wildman–Crippen MR) is 62.6 cm³/mol. The van der Waals surface area contributed by atoms with Crippen LogP contribution in [-0.4, -0.2) is 31.7 Å². The maximum absolute atomic E-state index is 12.0. The van der Waals surface area contributed by atoms with Gasteiger partial charge in [-0.15, -0.1) is 0 Å². The summed E-state index contributed by atoms with van der Waals surface area (Å²) >= 11 is 0. The van der Waals surface area contributed by atoms with Crippen LogP contribution in [0.25, 0.3) is 0 Å². The fourth-order valence-electron chi connectivity index (χ4n) is 2.53. The molecule has 16 heavy (non-hydrogen) atoms. The fourth-order valence-corrected chi connectivity index (χ4v) is 2.53. The molecule has 2 aliphatic rings. The largest absolute Gasteiger partial charge is 0.348 e. The summed E-state index contributed by atoms with van der Waals surface area (Å²) in [6, 6.07) is 6.05. The highest BCUT2D eigenvalue weighted by Gasteiger charge is 2.32. The van der Waals surface area contributed by atoms with Crippen molar-refractivity contribution in [3.05, 3.63) is 29.3 Å². The van der Waals surface area contributed by atoms with Gasteiger partial charge in [0.15, 0.2) is 0 Å². The molecule has 0 radical (unpaired) electrons. The summed E-state index contributed by atoms with van der Waals surface area (Å²) in [5, 5.41) is 6.33. The van der Waals surface area contributed by atoms with Crippen molar-refractivity contribution < 1.29 is 4.79 Å². The number of rotatable bonds is 0. The van der Waals surface area contributed by atoms with Crippen LogP contribution in [0, 0.1) is 6.92 Å². The summed E-state index contributed by atoms with van der Waals surface area (Å²) in [7, 11) is 0. The van der Waals surface area contributed by atoms with Gasteiger partial charge in [0, 0.05) is 19.6 Å². The highest BCUT2D eigenvalue weighted by molar-refractivity contribution is 6.03. The number of hydrogen-bond donors (Lipinski definition) is 2. The molecule has 1 aromatic carbocycles. The summed E-state index contributed by atoms with van der Waals surface area (Å²) in [5.74, 6) is 0.0537. The van der Waals surface area contributed by atoms with Gasteiger partial charge in [-0.2, -0.15) is 0 Å². The molecule has 1 fully saturated rings. The number of piperazine rings is 1. The van der Waals surface area contributed by atoms with E-state index in [9.17, 15) is 4.79 Å². The lowest BCUT2D eigenvalue weighted by atomic mass is 10.0. The Morgan fingerprint density at radius 2 is 2.31 bits per heavy atom. The summed E-state index contributed by atoms with van der Waals surface area (Å²) < 4.78 is 0. The zero-order valence-electron chi connectivity index (χ0n) is 9.29. The molecule has 1 saturated heterocycles. The van der Waals surface area contributed by atoms with Gasteiger partial charge in [0.05, 0.1) is 11.3 Å². The summed E-state index contributed by atoms with van der Waals surface area (Å²) in [5.41, 5.74) is 2.96. The Morgan fingerprint density at radius 1 is 1.44 bits per heavy atom. The first-order valence-electron chi connectivity index (χ1n) is 5.65. The number of nitrogens with one attached hydrogen (secondary N) is 2. The van der Waals surface area contributed by atoms with E-state index in [0.717, 1.165) is 36.4 Å². The summed E-state index contributed by atoms with van der Waals surface area (Å²) in [4.78, 5) is 14.3. The van der Waals surface area contributed by atoms with Gasteiger partial charge in [0.2, 0.25) is 0 Å². The van der Waals surface area contributed by atoms with Gasteiger partial charge in [-0.05, 0) is 18.6 Å². The van der Waals surface area contributed by atoms with E-state index in [1.165, 1.54) is 0 Å². The number of nitrogens with zero attached hydrogens (tertiary/aromatic N) is 1. The van der Waals surface area contributed by atoms with Crippen molar-refractivity contribution in [2.45, 2.75) is 13.1 Å². The number of anilines is 1. The molecule has 1 atom stereocenters. The van der Waals surface area contributed by atoms with Crippen molar-refractivity contribution in [3.8, 4) is 0 Å². The highest BCUT2D eigenvalue weighted by Crippen LogP contribution is 2.28. The second kappa shape index (κ2) is 3.49. The molecule has 3 rings (SSSR count). The molecule has 0 aliphatic carbocycles. The molecule has 0 unspecified atom stereocenters. The van der Waals surface area contributed by atoms with E-state index < -0.39 is 0 Å². The number of amides is 1. The van der Waals surface area contributed by atoms with Crippen molar-refractivity contribution in [1.82, 2.24) is 10.6 Å². The molecule has 84 valence electrons. The first-order valence-corrected chi connectivity index (χ1v) is 5.65. The third-order valence-corrected chi connectivity index (χ3v) is 3.33. The second-order valence-electron chi connectivity index (χ2n) is 4.36. The summed E-state index contributed by atoms with van der Waals surface area (Å²) in [6.45, 7) is 4.72. The van der Waals surface area contributed by atoms with Crippen molar-refractivity contribution in [2.24, 2.45) is 0 Å². The van der Waals surface area contributed by atoms with Gasteiger partial charge >= 0.3 is 0 Å². The van der Waals surface area contributed by atoms with E-state index in [4.69, 9.17) is 0 Å². The van der Waals surface area contributed by atoms with Crippen molar-refractivity contribution in [1.29, 1.82) is 0 Å². The Bertz CT molecular complexity index is 444. The van der Waals surface area contributed by atoms with E-state index >= 15 is 0 Å². The zero-order chi connectivity index (χ0) is 11.1. The summed E-state index contributed by atoms with van der Waals surface area (Å²) in [6.07, 6.45) is 0.107. The molecule has 0 spiro atoms.